The van der Waals surface area contributed by atoms with E-state index in [1.54, 1.807) is 24.3 Å². The van der Waals surface area contributed by atoms with Crippen LogP contribution in [0.4, 0.5) is 5.69 Å². The number of aromatic nitrogens is 2. The molecule has 0 saturated carbocycles. The van der Waals surface area contributed by atoms with Gasteiger partial charge in [0.2, 0.25) is 5.91 Å². The van der Waals surface area contributed by atoms with E-state index in [1.165, 1.54) is 6.92 Å². The summed E-state index contributed by atoms with van der Waals surface area (Å²) < 4.78 is 0. The summed E-state index contributed by atoms with van der Waals surface area (Å²) in [7, 11) is 0. The molecule has 0 bridgehead atoms. The van der Waals surface area contributed by atoms with E-state index in [0.717, 1.165) is 29.7 Å². The number of hydrogen-bond acceptors (Lipinski definition) is 3. The molecule has 3 aromatic rings. The predicted octanol–water partition coefficient (Wildman–Crippen LogP) is 2.88. The molecule has 0 aliphatic carbocycles. The highest BCUT2D eigenvalue weighted by Gasteiger charge is 2.07. The summed E-state index contributed by atoms with van der Waals surface area (Å²) in [5.74, 6) is 0.600. The maximum atomic E-state index is 12.2. The number of amides is 2. The molecule has 0 fully saturated rings. The van der Waals surface area contributed by atoms with Crippen molar-refractivity contribution in [3.8, 4) is 0 Å². The van der Waals surface area contributed by atoms with Crippen LogP contribution in [0.15, 0.2) is 48.5 Å². The molecule has 6 nitrogen and oxygen atoms in total. The molecule has 3 rings (SSSR count). The second-order valence-corrected chi connectivity index (χ2v) is 5.82. The number of H-pyrrole nitrogens is 1. The van der Waals surface area contributed by atoms with Crippen LogP contribution < -0.4 is 10.6 Å². The summed E-state index contributed by atoms with van der Waals surface area (Å²) in [4.78, 5) is 31.1. The van der Waals surface area contributed by atoms with Crippen LogP contribution in [0.3, 0.4) is 0 Å². The van der Waals surface area contributed by atoms with Gasteiger partial charge in [-0.05, 0) is 36.8 Å². The third-order valence-electron chi connectivity index (χ3n) is 3.76. The lowest BCUT2D eigenvalue weighted by molar-refractivity contribution is -0.114. The second-order valence-electron chi connectivity index (χ2n) is 5.82. The summed E-state index contributed by atoms with van der Waals surface area (Å²) >= 11 is 0. The van der Waals surface area contributed by atoms with Gasteiger partial charge in [-0.25, -0.2) is 4.98 Å². The highest BCUT2D eigenvalue weighted by molar-refractivity contribution is 5.96. The third-order valence-corrected chi connectivity index (χ3v) is 3.76. The molecule has 25 heavy (non-hydrogen) atoms. The number of fused-ring (bicyclic) bond motifs is 1. The number of imidazole rings is 1. The number of nitrogens with one attached hydrogen (secondary N) is 3. The Bertz CT molecular complexity index is 868. The summed E-state index contributed by atoms with van der Waals surface area (Å²) in [6.45, 7) is 1.99. The van der Waals surface area contributed by atoms with Gasteiger partial charge in [-0.1, -0.05) is 18.2 Å². The second kappa shape index (κ2) is 7.61. The van der Waals surface area contributed by atoms with Gasteiger partial charge in [0.15, 0.2) is 0 Å². The standard InChI is InChI=1S/C19H20N4O2/c1-13(24)21-15-7-4-6-14(12-15)19(25)20-11-5-10-18-22-16-8-2-3-9-17(16)23-18/h2-4,6-9,12H,5,10-11H2,1H3,(H,20,25)(H,21,24)(H,22,23). The zero-order valence-electron chi connectivity index (χ0n) is 14.0. The van der Waals surface area contributed by atoms with Crippen molar-refractivity contribution in [3.63, 3.8) is 0 Å². The first kappa shape index (κ1) is 16.7. The van der Waals surface area contributed by atoms with Crippen LogP contribution in [-0.2, 0) is 11.2 Å². The number of carbonyl (C=O) groups excluding carboxylic acids is 2. The molecule has 1 heterocycles. The lowest BCUT2D eigenvalue weighted by Gasteiger charge is -2.07. The first-order valence-electron chi connectivity index (χ1n) is 8.21. The average molecular weight is 336 g/mol. The molecule has 0 spiro atoms. The molecule has 0 atom stereocenters. The van der Waals surface area contributed by atoms with Crippen molar-refractivity contribution < 1.29 is 9.59 Å². The zero-order chi connectivity index (χ0) is 17.6. The number of aryl methyl sites for hydroxylation is 1. The quantitative estimate of drug-likeness (QED) is 0.605. The minimum atomic E-state index is -0.164. The molecule has 0 radical (unpaired) electrons. The normalized spacial score (nSPS) is 10.6. The molecule has 2 amide bonds. The topological polar surface area (TPSA) is 86.9 Å². The summed E-state index contributed by atoms with van der Waals surface area (Å²) in [6.07, 6.45) is 1.55. The number of carbonyl (C=O) groups is 2. The Kier molecular flexibility index (Phi) is 5.09. The average Bonchev–Trinajstić information content (AvgIpc) is 3.01. The van der Waals surface area contributed by atoms with E-state index in [-0.39, 0.29) is 11.8 Å². The van der Waals surface area contributed by atoms with E-state index in [0.29, 0.717) is 17.8 Å². The van der Waals surface area contributed by atoms with Crippen molar-refractivity contribution in [2.75, 3.05) is 11.9 Å². The van der Waals surface area contributed by atoms with Gasteiger partial charge in [0, 0.05) is 31.1 Å². The van der Waals surface area contributed by atoms with E-state index in [4.69, 9.17) is 0 Å². The van der Waals surface area contributed by atoms with Crippen molar-refractivity contribution in [2.24, 2.45) is 0 Å². The van der Waals surface area contributed by atoms with Gasteiger partial charge in [0.05, 0.1) is 11.0 Å². The fraction of sp³-hybridized carbons (Fsp3) is 0.211. The van der Waals surface area contributed by atoms with Gasteiger partial charge in [-0.2, -0.15) is 0 Å². The summed E-state index contributed by atoms with van der Waals surface area (Å²) in [5, 5.41) is 5.56. The largest absolute Gasteiger partial charge is 0.352 e. The van der Waals surface area contributed by atoms with Gasteiger partial charge in [-0.15, -0.1) is 0 Å². The Morgan fingerprint density at radius 1 is 1.12 bits per heavy atom. The monoisotopic (exact) mass is 336 g/mol. The number of rotatable bonds is 6. The first-order chi connectivity index (χ1) is 12.1. The minimum Gasteiger partial charge on any atom is -0.352 e. The number of anilines is 1. The Morgan fingerprint density at radius 3 is 2.76 bits per heavy atom. The first-order valence-corrected chi connectivity index (χ1v) is 8.21. The fourth-order valence-electron chi connectivity index (χ4n) is 2.63. The Labute approximate surface area is 145 Å². The van der Waals surface area contributed by atoms with Crippen LogP contribution in [-0.4, -0.2) is 28.3 Å². The molecule has 1 aromatic heterocycles. The van der Waals surface area contributed by atoms with Crippen molar-refractivity contribution >= 4 is 28.5 Å². The molecular formula is C19H20N4O2. The maximum absolute atomic E-state index is 12.2. The summed E-state index contributed by atoms with van der Waals surface area (Å²) in [6, 6.07) is 14.8. The molecular weight excluding hydrogens is 316 g/mol. The van der Waals surface area contributed by atoms with Crippen molar-refractivity contribution in [1.82, 2.24) is 15.3 Å². The Hall–Kier alpha value is -3.15. The van der Waals surface area contributed by atoms with Crippen LogP contribution >= 0.6 is 0 Å². The van der Waals surface area contributed by atoms with Crippen LogP contribution in [0.2, 0.25) is 0 Å². The van der Waals surface area contributed by atoms with E-state index in [9.17, 15) is 9.59 Å². The van der Waals surface area contributed by atoms with Gasteiger partial charge in [-0.3, -0.25) is 9.59 Å². The molecule has 2 aromatic carbocycles. The fourth-order valence-corrected chi connectivity index (χ4v) is 2.63. The lowest BCUT2D eigenvalue weighted by Crippen LogP contribution is -2.25. The van der Waals surface area contributed by atoms with Crippen LogP contribution in [0.5, 0.6) is 0 Å². The van der Waals surface area contributed by atoms with Crippen LogP contribution in [0.1, 0.15) is 29.5 Å². The smallest absolute Gasteiger partial charge is 0.251 e. The predicted molar refractivity (Wildman–Crippen MR) is 97.5 cm³/mol. The van der Waals surface area contributed by atoms with Crippen LogP contribution in [0, 0.1) is 0 Å². The van der Waals surface area contributed by atoms with Gasteiger partial charge >= 0.3 is 0 Å². The van der Waals surface area contributed by atoms with Crippen molar-refractivity contribution in [1.29, 1.82) is 0 Å². The van der Waals surface area contributed by atoms with Gasteiger partial charge in [0.25, 0.3) is 5.91 Å². The molecule has 3 N–H and O–H groups in total. The van der Waals surface area contributed by atoms with Crippen molar-refractivity contribution in [3.05, 3.63) is 59.9 Å². The number of aromatic amines is 1. The van der Waals surface area contributed by atoms with Crippen molar-refractivity contribution in [2.45, 2.75) is 19.8 Å². The SMILES string of the molecule is CC(=O)Nc1cccc(C(=O)NCCCc2nc3ccccc3[nH]2)c1. The Balaban J connectivity index is 1.50. The van der Waals surface area contributed by atoms with E-state index in [2.05, 4.69) is 20.6 Å². The molecule has 0 aliphatic heterocycles. The molecule has 0 aliphatic rings. The summed E-state index contributed by atoms with van der Waals surface area (Å²) in [5.41, 5.74) is 3.12. The van der Waals surface area contributed by atoms with Crippen LogP contribution in [0.25, 0.3) is 11.0 Å². The molecule has 128 valence electrons. The lowest BCUT2D eigenvalue weighted by atomic mass is 10.2. The van der Waals surface area contributed by atoms with E-state index < -0.39 is 0 Å². The highest BCUT2D eigenvalue weighted by atomic mass is 16.2. The number of benzene rings is 2. The van der Waals surface area contributed by atoms with Gasteiger partial charge < -0.3 is 15.6 Å². The third kappa shape index (κ3) is 4.44. The highest BCUT2D eigenvalue weighted by Crippen LogP contribution is 2.12. The van der Waals surface area contributed by atoms with E-state index in [1.807, 2.05) is 24.3 Å². The molecule has 6 heteroatoms. The number of nitrogens with zero attached hydrogens (tertiary/aromatic N) is 1. The minimum absolute atomic E-state index is 0.156. The van der Waals surface area contributed by atoms with Gasteiger partial charge in [0.1, 0.15) is 5.82 Å². The Morgan fingerprint density at radius 2 is 1.96 bits per heavy atom. The maximum Gasteiger partial charge on any atom is 0.251 e. The number of hydrogen-bond donors (Lipinski definition) is 3. The van der Waals surface area contributed by atoms with E-state index >= 15 is 0 Å². The molecule has 0 saturated heterocycles. The zero-order valence-corrected chi connectivity index (χ0v) is 14.0. The molecule has 0 unspecified atom stereocenters. The number of para-hydroxylation sites is 2.